The fourth-order valence-corrected chi connectivity index (χ4v) is 3.89. The summed E-state index contributed by atoms with van der Waals surface area (Å²) in [6, 6.07) is 3.97. The van der Waals surface area contributed by atoms with Gasteiger partial charge in [0, 0.05) is 24.2 Å². The van der Waals surface area contributed by atoms with Crippen molar-refractivity contribution in [3.05, 3.63) is 33.9 Å². The number of hydrogen-bond donors (Lipinski definition) is 1. The number of esters is 1. The standard InChI is InChI=1S/C18H23N3O6S/c1-2-13-5-3-4-8-20(13)16(22)10-27-17(23)11-28-15-7-6-12(18(19)24)9-14(15)21(25)26/h6-7,9,13H,2-5,8,10-11H2,1H3,(H2,19,24)/t13-/m0/s1. The highest BCUT2D eigenvalue weighted by Crippen LogP contribution is 2.30. The lowest BCUT2D eigenvalue weighted by Crippen LogP contribution is -2.45. The molecule has 0 unspecified atom stereocenters. The van der Waals surface area contributed by atoms with Crippen molar-refractivity contribution in [2.24, 2.45) is 5.73 Å². The number of nitro benzene ring substituents is 1. The van der Waals surface area contributed by atoms with E-state index in [4.69, 9.17) is 10.5 Å². The summed E-state index contributed by atoms with van der Waals surface area (Å²) < 4.78 is 5.04. The number of rotatable bonds is 8. The van der Waals surface area contributed by atoms with E-state index in [2.05, 4.69) is 0 Å². The van der Waals surface area contributed by atoms with Gasteiger partial charge in [0.15, 0.2) is 6.61 Å². The number of piperidine rings is 1. The van der Waals surface area contributed by atoms with Crippen LogP contribution in [0.4, 0.5) is 5.69 Å². The van der Waals surface area contributed by atoms with Crippen molar-refractivity contribution in [3.8, 4) is 0 Å². The fraction of sp³-hybridized carbons (Fsp3) is 0.500. The Balaban J connectivity index is 1.89. The molecule has 1 atom stereocenters. The first kappa shape index (κ1) is 21.7. The smallest absolute Gasteiger partial charge is 0.316 e. The van der Waals surface area contributed by atoms with Gasteiger partial charge >= 0.3 is 5.97 Å². The SMILES string of the molecule is CC[C@H]1CCCCN1C(=O)COC(=O)CSc1ccc(C(N)=O)cc1[N+](=O)[O-]. The lowest BCUT2D eigenvalue weighted by atomic mass is 10.00. The van der Waals surface area contributed by atoms with Crippen molar-refractivity contribution < 1.29 is 24.0 Å². The zero-order valence-electron chi connectivity index (χ0n) is 15.6. The van der Waals surface area contributed by atoms with E-state index in [0.29, 0.717) is 6.54 Å². The van der Waals surface area contributed by atoms with Crippen LogP contribution in [0, 0.1) is 10.1 Å². The molecule has 0 radical (unpaired) electrons. The van der Waals surface area contributed by atoms with Crippen molar-refractivity contribution in [3.63, 3.8) is 0 Å². The summed E-state index contributed by atoms with van der Waals surface area (Å²) in [6.45, 7) is 2.36. The average molecular weight is 409 g/mol. The van der Waals surface area contributed by atoms with E-state index in [1.807, 2.05) is 6.92 Å². The molecule has 1 aromatic carbocycles. The number of thioether (sulfide) groups is 1. The number of ether oxygens (including phenoxy) is 1. The molecule has 1 aliphatic heterocycles. The minimum absolute atomic E-state index is 0.0104. The Labute approximate surface area is 166 Å². The molecule has 0 spiro atoms. The Kier molecular flexibility index (Phi) is 7.80. The topological polar surface area (TPSA) is 133 Å². The van der Waals surface area contributed by atoms with Crippen LogP contribution in [-0.2, 0) is 14.3 Å². The van der Waals surface area contributed by atoms with Gasteiger partial charge in [-0.3, -0.25) is 24.5 Å². The molecular formula is C18H23N3O6S. The molecule has 1 saturated heterocycles. The van der Waals surface area contributed by atoms with Crippen LogP contribution in [-0.4, -0.2) is 52.6 Å². The van der Waals surface area contributed by atoms with Crippen LogP contribution in [0.2, 0.25) is 0 Å². The molecule has 0 aliphatic carbocycles. The molecule has 1 aromatic rings. The van der Waals surface area contributed by atoms with Gasteiger partial charge in [0.1, 0.15) is 0 Å². The summed E-state index contributed by atoms with van der Waals surface area (Å²) in [6.07, 6.45) is 3.85. The third kappa shape index (κ3) is 5.69. The number of primary amides is 1. The van der Waals surface area contributed by atoms with Crippen molar-refractivity contribution in [2.45, 2.75) is 43.5 Å². The highest BCUT2D eigenvalue weighted by molar-refractivity contribution is 8.00. The van der Waals surface area contributed by atoms with Crippen molar-refractivity contribution >= 4 is 35.2 Å². The number of amides is 2. The molecule has 0 saturated carbocycles. The van der Waals surface area contributed by atoms with E-state index in [1.165, 1.54) is 12.1 Å². The van der Waals surface area contributed by atoms with Crippen LogP contribution in [0.25, 0.3) is 0 Å². The molecule has 0 bridgehead atoms. The van der Waals surface area contributed by atoms with E-state index >= 15 is 0 Å². The first-order valence-corrected chi connectivity index (χ1v) is 9.98. The number of benzene rings is 1. The van der Waals surface area contributed by atoms with Crippen LogP contribution >= 0.6 is 11.8 Å². The number of nitrogens with two attached hydrogens (primary N) is 1. The van der Waals surface area contributed by atoms with Crippen LogP contribution in [0.15, 0.2) is 23.1 Å². The number of carbonyl (C=O) groups is 3. The van der Waals surface area contributed by atoms with Gasteiger partial charge in [-0.1, -0.05) is 6.92 Å². The van der Waals surface area contributed by atoms with E-state index in [9.17, 15) is 24.5 Å². The maximum Gasteiger partial charge on any atom is 0.316 e. The number of nitrogens with zero attached hydrogens (tertiary/aromatic N) is 2. The Bertz CT molecular complexity index is 770. The quantitative estimate of drug-likeness (QED) is 0.301. The van der Waals surface area contributed by atoms with E-state index < -0.39 is 16.8 Å². The average Bonchev–Trinajstić information content (AvgIpc) is 2.69. The molecule has 2 N–H and O–H groups in total. The molecule has 152 valence electrons. The van der Waals surface area contributed by atoms with Gasteiger partial charge < -0.3 is 15.4 Å². The summed E-state index contributed by atoms with van der Waals surface area (Å²) in [5, 5.41) is 11.2. The Morgan fingerprint density at radius 1 is 1.36 bits per heavy atom. The monoisotopic (exact) mass is 409 g/mol. The highest BCUT2D eigenvalue weighted by Gasteiger charge is 2.26. The molecular weight excluding hydrogens is 386 g/mol. The summed E-state index contributed by atoms with van der Waals surface area (Å²) in [4.78, 5) is 47.9. The minimum atomic E-state index is -0.777. The normalized spacial score (nSPS) is 16.5. The molecule has 28 heavy (non-hydrogen) atoms. The Morgan fingerprint density at radius 2 is 2.11 bits per heavy atom. The largest absolute Gasteiger partial charge is 0.455 e. The second-order valence-electron chi connectivity index (χ2n) is 6.40. The molecule has 9 nitrogen and oxygen atoms in total. The van der Waals surface area contributed by atoms with Crippen LogP contribution in [0.1, 0.15) is 43.0 Å². The van der Waals surface area contributed by atoms with Crippen LogP contribution < -0.4 is 5.73 Å². The van der Waals surface area contributed by atoms with Crippen molar-refractivity contribution in [1.29, 1.82) is 0 Å². The number of hydrogen-bond acceptors (Lipinski definition) is 7. The lowest BCUT2D eigenvalue weighted by Gasteiger charge is -2.35. The molecule has 10 heteroatoms. The number of carbonyl (C=O) groups excluding carboxylic acids is 3. The Hall–Kier alpha value is -2.62. The summed E-state index contributed by atoms with van der Waals surface area (Å²) >= 11 is 0.903. The highest BCUT2D eigenvalue weighted by atomic mass is 32.2. The maximum atomic E-state index is 12.3. The molecule has 2 rings (SSSR count). The van der Waals surface area contributed by atoms with Crippen LogP contribution in [0.5, 0.6) is 0 Å². The molecule has 2 amide bonds. The third-order valence-corrected chi connectivity index (χ3v) is 5.60. The summed E-state index contributed by atoms with van der Waals surface area (Å²) in [5.41, 5.74) is 4.82. The van der Waals surface area contributed by atoms with Gasteiger partial charge in [0.25, 0.3) is 11.6 Å². The molecule has 0 aromatic heterocycles. The van der Waals surface area contributed by atoms with E-state index in [0.717, 1.165) is 43.5 Å². The number of nitro groups is 1. The molecule has 1 heterocycles. The maximum absolute atomic E-state index is 12.3. The number of likely N-dealkylation sites (tertiary alicyclic amines) is 1. The summed E-state index contributed by atoms with van der Waals surface area (Å²) in [7, 11) is 0. The van der Waals surface area contributed by atoms with Crippen molar-refractivity contribution in [2.75, 3.05) is 18.9 Å². The second kappa shape index (κ2) is 10.1. The van der Waals surface area contributed by atoms with E-state index in [1.54, 1.807) is 4.90 Å². The Morgan fingerprint density at radius 3 is 2.75 bits per heavy atom. The second-order valence-corrected chi connectivity index (χ2v) is 7.42. The zero-order valence-corrected chi connectivity index (χ0v) is 16.4. The molecule has 1 fully saturated rings. The van der Waals surface area contributed by atoms with Gasteiger partial charge in [0.2, 0.25) is 5.91 Å². The minimum Gasteiger partial charge on any atom is -0.455 e. The third-order valence-electron chi connectivity index (χ3n) is 4.56. The van der Waals surface area contributed by atoms with Gasteiger partial charge in [-0.05, 0) is 37.8 Å². The summed E-state index contributed by atoms with van der Waals surface area (Å²) in [5.74, 6) is -1.83. The first-order chi connectivity index (χ1) is 13.3. The van der Waals surface area contributed by atoms with Crippen LogP contribution in [0.3, 0.4) is 0 Å². The van der Waals surface area contributed by atoms with E-state index in [-0.39, 0.29) is 40.5 Å². The fourth-order valence-electron chi connectivity index (χ4n) is 3.09. The zero-order chi connectivity index (χ0) is 20.7. The van der Waals surface area contributed by atoms with Crippen molar-refractivity contribution in [1.82, 2.24) is 4.90 Å². The van der Waals surface area contributed by atoms with Gasteiger partial charge in [-0.15, -0.1) is 11.8 Å². The van der Waals surface area contributed by atoms with Gasteiger partial charge in [0.05, 0.1) is 15.6 Å². The first-order valence-electron chi connectivity index (χ1n) is 8.99. The lowest BCUT2D eigenvalue weighted by molar-refractivity contribution is -0.387. The molecule has 1 aliphatic rings. The predicted octanol–water partition coefficient (Wildman–Crippen LogP) is 2.12. The van der Waals surface area contributed by atoms with Gasteiger partial charge in [-0.2, -0.15) is 0 Å². The van der Waals surface area contributed by atoms with Gasteiger partial charge in [-0.25, -0.2) is 0 Å². The predicted molar refractivity (Wildman–Crippen MR) is 103 cm³/mol.